The molecule has 5 nitrogen and oxygen atoms in total. The van der Waals surface area contributed by atoms with Crippen molar-refractivity contribution in [3.63, 3.8) is 0 Å². The molecule has 0 aliphatic heterocycles. The normalized spacial score (nSPS) is 10.6. The number of hydrogen-bond acceptors (Lipinski definition) is 4. The number of amides is 1. The summed E-state index contributed by atoms with van der Waals surface area (Å²) in [6.45, 7) is 5.75. The molecule has 0 aliphatic carbocycles. The average Bonchev–Trinajstić information content (AvgIpc) is 2.49. The van der Waals surface area contributed by atoms with E-state index in [0.29, 0.717) is 22.1 Å². The molecule has 2 aromatic rings. The van der Waals surface area contributed by atoms with Crippen LogP contribution in [0.15, 0.2) is 47.4 Å². The Morgan fingerprint density at radius 2 is 1.87 bits per heavy atom. The van der Waals surface area contributed by atoms with Gasteiger partial charge in [0.15, 0.2) is 0 Å². The smallest absolute Gasteiger partial charge is 0.274 e. The minimum absolute atomic E-state index is 0.00681. The van der Waals surface area contributed by atoms with E-state index in [0.717, 1.165) is 4.90 Å². The fourth-order valence-electron chi connectivity index (χ4n) is 2.16. The quantitative estimate of drug-likeness (QED) is 0.492. The van der Waals surface area contributed by atoms with Crippen LogP contribution in [0.25, 0.3) is 0 Å². The van der Waals surface area contributed by atoms with Gasteiger partial charge in [0.25, 0.3) is 11.6 Å². The van der Waals surface area contributed by atoms with Gasteiger partial charge >= 0.3 is 0 Å². The van der Waals surface area contributed by atoms with E-state index in [-0.39, 0.29) is 11.6 Å². The maximum Gasteiger partial charge on any atom is 0.274 e. The number of nitro benzene ring substituents is 1. The van der Waals surface area contributed by atoms with Gasteiger partial charge in [0.1, 0.15) is 0 Å². The van der Waals surface area contributed by atoms with E-state index in [1.165, 1.54) is 6.07 Å². The molecular formula is C17H18N2O3S. The second kappa shape index (κ2) is 7.28. The third-order valence-electron chi connectivity index (χ3n) is 3.24. The Kier molecular flexibility index (Phi) is 5.39. The maximum atomic E-state index is 12.6. The largest absolute Gasteiger partial charge is 0.321 e. The molecule has 0 bridgehead atoms. The molecule has 23 heavy (non-hydrogen) atoms. The van der Waals surface area contributed by atoms with E-state index in [1.807, 2.05) is 12.1 Å². The zero-order valence-corrected chi connectivity index (χ0v) is 14.0. The van der Waals surface area contributed by atoms with Gasteiger partial charge in [0.2, 0.25) is 0 Å². The van der Waals surface area contributed by atoms with Crippen molar-refractivity contribution in [1.82, 2.24) is 0 Å². The van der Waals surface area contributed by atoms with Gasteiger partial charge in [-0.15, -0.1) is 11.8 Å². The number of rotatable bonds is 5. The summed E-state index contributed by atoms with van der Waals surface area (Å²) in [6, 6.07) is 12.0. The summed E-state index contributed by atoms with van der Waals surface area (Å²) in [6.07, 6.45) is 0. The Hall–Kier alpha value is -2.34. The Morgan fingerprint density at radius 1 is 1.17 bits per heavy atom. The van der Waals surface area contributed by atoms with Gasteiger partial charge in [-0.05, 0) is 25.1 Å². The van der Waals surface area contributed by atoms with Crippen LogP contribution in [0, 0.1) is 17.0 Å². The van der Waals surface area contributed by atoms with E-state index < -0.39 is 4.92 Å². The molecule has 0 radical (unpaired) electrons. The summed E-state index contributed by atoms with van der Waals surface area (Å²) < 4.78 is 0. The summed E-state index contributed by atoms with van der Waals surface area (Å²) in [5.74, 6) is -0.266. The number of nitrogens with zero attached hydrogens (tertiary/aromatic N) is 1. The van der Waals surface area contributed by atoms with Crippen molar-refractivity contribution in [3.8, 4) is 0 Å². The van der Waals surface area contributed by atoms with E-state index in [2.05, 4.69) is 19.2 Å². The molecule has 0 aromatic heterocycles. The number of carbonyl (C=O) groups excluding carboxylic acids is 1. The monoisotopic (exact) mass is 330 g/mol. The summed E-state index contributed by atoms with van der Waals surface area (Å²) in [4.78, 5) is 24.0. The van der Waals surface area contributed by atoms with Crippen LogP contribution in [0.4, 0.5) is 11.4 Å². The third-order valence-corrected chi connectivity index (χ3v) is 4.33. The topological polar surface area (TPSA) is 72.2 Å². The van der Waals surface area contributed by atoms with Gasteiger partial charge in [-0.1, -0.05) is 32.0 Å². The molecule has 1 N–H and O–H groups in total. The van der Waals surface area contributed by atoms with E-state index >= 15 is 0 Å². The lowest BCUT2D eigenvalue weighted by molar-refractivity contribution is -0.385. The molecule has 2 rings (SSSR count). The predicted octanol–water partition coefficient (Wildman–Crippen LogP) is 4.66. The van der Waals surface area contributed by atoms with Crippen LogP contribution in [-0.2, 0) is 0 Å². The van der Waals surface area contributed by atoms with Crippen LogP contribution in [-0.4, -0.2) is 16.1 Å². The second-order valence-corrected chi connectivity index (χ2v) is 6.94. The van der Waals surface area contributed by atoms with Crippen molar-refractivity contribution in [3.05, 3.63) is 63.7 Å². The van der Waals surface area contributed by atoms with Crippen LogP contribution >= 0.6 is 11.8 Å². The first kappa shape index (κ1) is 17.0. The third kappa shape index (κ3) is 4.10. The highest BCUT2D eigenvalue weighted by Crippen LogP contribution is 2.29. The lowest BCUT2D eigenvalue weighted by Crippen LogP contribution is -2.14. The van der Waals surface area contributed by atoms with Gasteiger partial charge in [-0.3, -0.25) is 14.9 Å². The number of anilines is 1. The second-order valence-electron chi connectivity index (χ2n) is 5.32. The first-order valence-electron chi connectivity index (χ1n) is 7.21. The predicted molar refractivity (Wildman–Crippen MR) is 93.2 cm³/mol. The van der Waals surface area contributed by atoms with E-state index in [4.69, 9.17) is 0 Å². The fourth-order valence-corrected chi connectivity index (χ4v) is 3.11. The van der Waals surface area contributed by atoms with Gasteiger partial charge in [0, 0.05) is 16.2 Å². The van der Waals surface area contributed by atoms with Gasteiger partial charge < -0.3 is 5.32 Å². The number of nitro groups is 1. The van der Waals surface area contributed by atoms with Crippen LogP contribution in [0.1, 0.15) is 29.8 Å². The molecule has 0 atom stereocenters. The van der Waals surface area contributed by atoms with Crippen molar-refractivity contribution in [2.75, 3.05) is 5.32 Å². The summed E-state index contributed by atoms with van der Waals surface area (Å²) in [7, 11) is 0. The van der Waals surface area contributed by atoms with Crippen LogP contribution in [0.2, 0.25) is 0 Å². The maximum absolute atomic E-state index is 12.6. The van der Waals surface area contributed by atoms with Crippen molar-refractivity contribution >= 4 is 29.0 Å². The lowest BCUT2D eigenvalue weighted by Gasteiger charge is -2.12. The molecule has 0 fully saturated rings. The Labute approximate surface area is 139 Å². The highest BCUT2D eigenvalue weighted by atomic mass is 32.2. The first-order valence-corrected chi connectivity index (χ1v) is 8.09. The summed E-state index contributed by atoms with van der Waals surface area (Å²) in [5, 5.41) is 14.1. The molecule has 0 heterocycles. The van der Waals surface area contributed by atoms with Crippen molar-refractivity contribution in [1.29, 1.82) is 0 Å². The van der Waals surface area contributed by atoms with E-state index in [9.17, 15) is 14.9 Å². The molecule has 0 saturated carbocycles. The summed E-state index contributed by atoms with van der Waals surface area (Å²) in [5.41, 5.74) is 1.46. The SMILES string of the molecule is Cc1c(NC(=O)c2ccccc2SC(C)C)cccc1[N+](=O)[O-]. The zero-order valence-electron chi connectivity index (χ0n) is 13.2. The van der Waals surface area contributed by atoms with Gasteiger partial charge in [-0.25, -0.2) is 0 Å². The van der Waals surface area contributed by atoms with Crippen molar-refractivity contribution in [2.24, 2.45) is 0 Å². The minimum Gasteiger partial charge on any atom is -0.321 e. The van der Waals surface area contributed by atoms with Crippen molar-refractivity contribution < 1.29 is 9.72 Å². The standard InChI is InChI=1S/C17H18N2O3S/c1-11(2)23-16-10-5-4-7-13(16)17(20)18-14-8-6-9-15(12(14)3)19(21)22/h4-11H,1-3H3,(H,18,20). The number of nitrogens with one attached hydrogen (secondary N) is 1. The number of thioether (sulfide) groups is 1. The molecule has 2 aromatic carbocycles. The molecule has 0 spiro atoms. The van der Waals surface area contributed by atoms with Gasteiger partial charge in [0.05, 0.1) is 21.7 Å². The molecule has 1 amide bonds. The van der Waals surface area contributed by atoms with E-state index in [1.54, 1.807) is 43.0 Å². The number of hydrogen-bond donors (Lipinski definition) is 1. The molecular weight excluding hydrogens is 312 g/mol. The molecule has 0 aliphatic rings. The average molecular weight is 330 g/mol. The zero-order chi connectivity index (χ0) is 17.0. The highest BCUT2D eigenvalue weighted by Gasteiger charge is 2.17. The van der Waals surface area contributed by atoms with Crippen molar-refractivity contribution in [2.45, 2.75) is 30.9 Å². The molecule has 0 unspecified atom stereocenters. The molecule has 0 saturated heterocycles. The Bertz CT molecular complexity index is 744. The summed E-state index contributed by atoms with van der Waals surface area (Å²) >= 11 is 1.61. The number of benzene rings is 2. The van der Waals surface area contributed by atoms with Crippen LogP contribution in [0.3, 0.4) is 0 Å². The lowest BCUT2D eigenvalue weighted by atomic mass is 10.1. The molecule has 120 valence electrons. The molecule has 6 heteroatoms. The minimum atomic E-state index is -0.451. The van der Waals surface area contributed by atoms with Crippen LogP contribution in [0.5, 0.6) is 0 Å². The van der Waals surface area contributed by atoms with Crippen LogP contribution < -0.4 is 5.32 Å². The first-order chi connectivity index (χ1) is 10.9. The number of carbonyl (C=O) groups is 1. The highest BCUT2D eigenvalue weighted by molar-refractivity contribution is 8.00. The fraction of sp³-hybridized carbons (Fsp3) is 0.235. The Balaban J connectivity index is 2.30. The van der Waals surface area contributed by atoms with Gasteiger partial charge in [-0.2, -0.15) is 0 Å². The Morgan fingerprint density at radius 3 is 2.52 bits per heavy atom.